The fraction of sp³-hybridized carbons (Fsp3) is 0.375. The van der Waals surface area contributed by atoms with Crippen molar-refractivity contribution in [2.24, 2.45) is 0 Å². The third-order valence-electron chi connectivity index (χ3n) is 3.61. The highest BCUT2D eigenvalue weighted by Crippen LogP contribution is 2.19. The molecule has 2 heterocycles. The van der Waals surface area contributed by atoms with Gasteiger partial charge in [-0.05, 0) is 31.5 Å². The molecule has 0 radical (unpaired) electrons. The molecule has 21 heavy (non-hydrogen) atoms. The first-order valence-electron chi connectivity index (χ1n) is 7.26. The summed E-state index contributed by atoms with van der Waals surface area (Å²) >= 11 is 0. The molecule has 1 aliphatic rings. The van der Waals surface area contributed by atoms with Crippen LogP contribution >= 0.6 is 0 Å². The Bertz CT molecular complexity index is 582. The maximum absolute atomic E-state index is 13.6. The van der Waals surface area contributed by atoms with Crippen LogP contribution in [-0.2, 0) is 0 Å². The maximum atomic E-state index is 13.6. The van der Waals surface area contributed by atoms with Crippen molar-refractivity contribution in [3.63, 3.8) is 0 Å². The molecule has 110 valence electrons. The zero-order valence-corrected chi connectivity index (χ0v) is 11.8. The number of nitrogens with one attached hydrogen (secondary N) is 1. The zero-order valence-electron chi connectivity index (χ0n) is 11.8. The lowest BCUT2D eigenvalue weighted by Crippen LogP contribution is -2.38. The van der Waals surface area contributed by atoms with E-state index in [9.17, 15) is 4.39 Å². The molecule has 0 spiro atoms. The first-order valence-corrected chi connectivity index (χ1v) is 7.26. The highest BCUT2D eigenvalue weighted by molar-refractivity contribution is 5.55. The van der Waals surface area contributed by atoms with Gasteiger partial charge in [0.25, 0.3) is 0 Å². The van der Waals surface area contributed by atoms with Crippen LogP contribution in [0.25, 0.3) is 11.4 Å². The normalized spacial score (nSPS) is 18.4. The van der Waals surface area contributed by atoms with Crippen LogP contribution in [0, 0.1) is 5.82 Å². The van der Waals surface area contributed by atoms with Crippen molar-refractivity contribution in [2.75, 3.05) is 13.2 Å². The summed E-state index contributed by atoms with van der Waals surface area (Å²) in [6, 6.07) is 6.87. The van der Waals surface area contributed by atoms with Crippen LogP contribution in [-0.4, -0.2) is 29.2 Å². The fourth-order valence-electron chi connectivity index (χ4n) is 2.44. The van der Waals surface area contributed by atoms with Gasteiger partial charge in [-0.1, -0.05) is 18.6 Å². The molecule has 1 N–H and O–H groups in total. The van der Waals surface area contributed by atoms with Gasteiger partial charge in [-0.15, -0.1) is 0 Å². The predicted molar refractivity (Wildman–Crippen MR) is 78.6 cm³/mol. The quantitative estimate of drug-likeness (QED) is 0.939. The molecule has 1 saturated heterocycles. The molecule has 0 aliphatic carbocycles. The Kier molecular flexibility index (Phi) is 4.40. The van der Waals surface area contributed by atoms with Crippen molar-refractivity contribution in [3.8, 4) is 17.1 Å². The van der Waals surface area contributed by atoms with Gasteiger partial charge in [0.15, 0.2) is 11.6 Å². The van der Waals surface area contributed by atoms with E-state index in [4.69, 9.17) is 4.74 Å². The summed E-state index contributed by atoms with van der Waals surface area (Å²) in [6.45, 7) is 1.67. The van der Waals surface area contributed by atoms with Crippen LogP contribution in [0.3, 0.4) is 0 Å². The summed E-state index contributed by atoms with van der Waals surface area (Å²) in [4.78, 5) is 8.35. The summed E-state index contributed by atoms with van der Waals surface area (Å²) in [5.74, 6) is 0.663. The number of ether oxygens (including phenoxy) is 1. The molecule has 1 atom stereocenters. The van der Waals surface area contributed by atoms with E-state index in [1.165, 1.54) is 18.9 Å². The van der Waals surface area contributed by atoms with Gasteiger partial charge in [0.1, 0.15) is 12.4 Å². The number of aromatic nitrogens is 2. The van der Waals surface area contributed by atoms with E-state index in [2.05, 4.69) is 15.3 Å². The Hall–Kier alpha value is -2.01. The average Bonchev–Trinajstić information content (AvgIpc) is 2.55. The minimum atomic E-state index is -0.322. The Morgan fingerprint density at radius 2 is 2.00 bits per heavy atom. The lowest BCUT2D eigenvalue weighted by molar-refractivity contribution is 0.237. The summed E-state index contributed by atoms with van der Waals surface area (Å²) in [6.07, 6.45) is 6.80. The smallest absolute Gasteiger partial charge is 0.162 e. The van der Waals surface area contributed by atoms with Crippen molar-refractivity contribution in [3.05, 3.63) is 42.5 Å². The number of hydrogen-bond donors (Lipinski definition) is 1. The Morgan fingerprint density at radius 1 is 1.19 bits per heavy atom. The Balaban J connectivity index is 1.63. The largest absolute Gasteiger partial charge is 0.489 e. The van der Waals surface area contributed by atoms with E-state index in [-0.39, 0.29) is 5.82 Å². The molecular formula is C16H18FN3O. The second-order valence-corrected chi connectivity index (χ2v) is 5.18. The van der Waals surface area contributed by atoms with Gasteiger partial charge in [0.05, 0.1) is 18.0 Å². The van der Waals surface area contributed by atoms with Crippen molar-refractivity contribution < 1.29 is 9.13 Å². The van der Waals surface area contributed by atoms with Crippen molar-refractivity contribution in [2.45, 2.75) is 25.3 Å². The minimum Gasteiger partial charge on any atom is -0.489 e. The summed E-state index contributed by atoms with van der Waals surface area (Å²) in [5.41, 5.74) is 0.401. The molecule has 1 fully saturated rings. The summed E-state index contributed by atoms with van der Waals surface area (Å²) in [7, 11) is 0. The lowest BCUT2D eigenvalue weighted by Gasteiger charge is -2.23. The third-order valence-corrected chi connectivity index (χ3v) is 3.61. The van der Waals surface area contributed by atoms with Crippen LogP contribution in [0.4, 0.5) is 4.39 Å². The first kappa shape index (κ1) is 13.9. The van der Waals surface area contributed by atoms with Crippen LogP contribution in [0.15, 0.2) is 36.7 Å². The number of halogens is 1. The highest BCUT2D eigenvalue weighted by Gasteiger charge is 2.13. The maximum Gasteiger partial charge on any atom is 0.162 e. The number of benzene rings is 1. The summed E-state index contributed by atoms with van der Waals surface area (Å²) in [5, 5.41) is 3.42. The molecule has 1 unspecified atom stereocenters. The molecule has 0 amide bonds. The van der Waals surface area contributed by atoms with Crippen molar-refractivity contribution in [1.82, 2.24) is 15.3 Å². The number of rotatable bonds is 4. The van der Waals surface area contributed by atoms with Crippen LogP contribution in [0.1, 0.15) is 19.3 Å². The van der Waals surface area contributed by atoms with Gasteiger partial charge in [0.2, 0.25) is 0 Å². The zero-order chi connectivity index (χ0) is 14.5. The van der Waals surface area contributed by atoms with E-state index >= 15 is 0 Å². The topological polar surface area (TPSA) is 47.0 Å². The van der Waals surface area contributed by atoms with Gasteiger partial charge in [-0.25, -0.2) is 14.4 Å². The van der Waals surface area contributed by atoms with Crippen LogP contribution in [0.5, 0.6) is 5.75 Å². The van der Waals surface area contributed by atoms with Crippen LogP contribution in [0.2, 0.25) is 0 Å². The monoisotopic (exact) mass is 287 g/mol. The second-order valence-electron chi connectivity index (χ2n) is 5.18. The van der Waals surface area contributed by atoms with Crippen molar-refractivity contribution in [1.29, 1.82) is 0 Å². The Labute approximate surface area is 123 Å². The highest BCUT2D eigenvalue weighted by atomic mass is 19.1. The predicted octanol–water partition coefficient (Wildman–Crippen LogP) is 2.80. The first-order chi connectivity index (χ1) is 10.3. The standard InChI is InChI=1S/C16H18FN3O/c17-15-7-2-1-6-14(15)16-19-9-13(10-20-16)21-11-12-5-3-4-8-18-12/h1-2,6-7,9-10,12,18H,3-5,8,11H2. The number of hydrogen-bond acceptors (Lipinski definition) is 4. The molecule has 1 aromatic heterocycles. The molecule has 2 aromatic rings. The average molecular weight is 287 g/mol. The van der Waals surface area contributed by atoms with Gasteiger partial charge >= 0.3 is 0 Å². The van der Waals surface area contributed by atoms with E-state index < -0.39 is 0 Å². The van der Waals surface area contributed by atoms with E-state index in [1.807, 2.05) is 0 Å². The van der Waals surface area contributed by atoms with Gasteiger partial charge < -0.3 is 10.1 Å². The fourth-order valence-corrected chi connectivity index (χ4v) is 2.44. The Morgan fingerprint density at radius 3 is 2.71 bits per heavy atom. The van der Waals surface area contributed by atoms with Crippen molar-refractivity contribution >= 4 is 0 Å². The second kappa shape index (κ2) is 6.63. The summed E-state index contributed by atoms with van der Waals surface area (Å²) < 4.78 is 19.3. The molecule has 0 saturated carbocycles. The number of nitrogens with zero attached hydrogens (tertiary/aromatic N) is 2. The SMILES string of the molecule is Fc1ccccc1-c1ncc(OCC2CCCCN2)cn1. The molecule has 0 bridgehead atoms. The van der Waals surface area contributed by atoms with E-state index in [0.717, 1.165) is 13.0 Å². The molecule has 1 aromatic carbocycles. The minimum absolute atomic E-state index is 0.322. The van der Waals surface area contributed by atoms with Crippen LogP contribution < -0.4 is 10.1 Å². The van der Waals surface area contributed by atoms with E-state index in [1.54, 1.807) is 30.6 Å². The third kappa shape index (κ3) is 3.55. The van der Waals surface area contributed by atoms with Gasteiger partial charge in [-0.3, -0.25) is 0 Å². The molecule has 5 heteroatoms. The van der Waals surface area contributed by atoms with Gasteiger partial charge in [0, 0.05) is 6.04 Å². The number of piperidine rings is 1. The molecular weight excluding hydrogens is 269 g/mol. The molecule has 4 nitrogen and oxygen atoms in total. The molecule has 1 aliphatic heterocycles. The molecule has 3 rings (SSSR count). The lowest BCUT2D eigenvalue weighted by atomic mass is 10.1. The van der Waals surface area contributed by atoms with E-state index in [0.29, 0.717) is 29.8 Å². The van der Waals surface area contributed by atoms with Gasteiger partial charge in [-0.2, -0.15) is 0 Å².